The number of benzene rings is 1. The van der Waals surface area contributed by atoms with Crippen LogP contribution in [0.3, 0.4) is 0 Å². The molecule has 126 valence electrons. The topological polar surface area (TPSA) is 75.7 Å². The summed E-state index contributed by atoms with van der Waals surface area (Å²) < 4.78 is 5.64. The van der Waals surface area contributed by atoms with E-state index >= 15 is 0 Å². The predicted octanol–water partition coefficient (Wildman–Crippen LogP) is 3.89. The molecule has 1 aromatic rings. The Kier molecular flexibility index (Phi) is 5.68. The molecule has 22 heavy (non-hydrogen) atoms. The van der Waals surface area contributed by atoms with Gasteiger partial charge in [0.15, 0.2) is 5.75 Å². The molecular weight excluding hydrogens is 297 g/mol. The molecule has 4 nitrogen and oxygen atoms in total. The Hall–Kier alpha value is -0.670. The molecule has 0 bridgehead atoms. The molecule has 0 aliphatic rings. The molecule has 0 unspecified atom stereocenters. The number of hydrogen-bond acceptors (Lipinski definition) is 4. The first-order valence-corrected chi connectivity index (χ1v) is 9.52. The fourth-order valence-corrected chi connectivity index (χ4v) is 2.79. The summed E-state index contributed by atoms with van der Waals surface area (Å²) in [6.45, 7) is 14.7. The minimum atomic E-state index is -3.39. The number of nitrogens with two attached hydrogens (primary N) is 1. The van der Waals surface area contributed by atoms with Crippen LogP contribution < -0.4 is 10.3 Å². The molecule has 0 fully saturated rings. The molecule has 0 saturated carbocycles. The van der Waals surface area contributed by atoms with E-state index in [-0.39, 0.29) is 17.0 Å². The molecule has 0 atom stereocenters. The molecule has 1 rings (SSSR count). The van der Waals surface area contributed by atoms with Crippen molar-refractivity contribution in [3.8, 4) is 5.75 Å². The van der Waals surface area contributed by atoms with Crippen LogP contribution in [0.5, 0.6) is 5.75 Å². The van der Waals surface area contributed by atoms with Crippen molar-refractivity contribution in [1.29, 1.82) is 0 Å². The zero-order chi connectivity index (χ0) is 17.3. The van der Waals surface area contributed by atoms with Gasteiger partial charge in [-0.05, 0) is 23.3 Å². The molecule has 4 N–H and O–H groups in total. The van der Waals surface area contributed by atoms with Gasteiger partial charge in [0, 0.05) is 17.7 Å². The molecule has 0 saturated heterocycles. The van der Waals surface area contributed by atoms with Crippen LogP contribution in [0.1, 0.15) is 65.2 Å². The molecule has 0 aliphatic heterocycles. The summed E-state index contributed by atoms with van der Waals surface area (Å²) in [6.07, 6.45) is 0.182. The zero-order valence-corrected chi connectivity index (χ0v) is 15.8. The van der Waals surface area contributed by atoms with E-state index in [1.54, 1.807) is 6.92 Å². The molecule has 5 heteroatoms. The van der Waals surface area contributed by atoms with E-state index in [0.717, 1.165) is 11.1 Å². The van der Waals surface area contributed by atoms with Crippen LogP contribution in [0.2, 0.25) is 0 Å². The second-order valence-electron chi connectivity index (χ2n) is 7.79. The van der Waals surface area contributed by atoms with Crippen LogP contribution in [-0.4, -0.2) is 15.9 Å². The summed E-state index contributed by atoms with van der Waals surface area (Å²) in [5.74, 6) is 0.531. The molecule has 0 amide bonds. The summed E-state index contributed by atoms with van der Waals surface area (Å²) >= 11 is 0. The van der Waals surface area contributed by atoms with Crippen molar-refractivity contribution >= 4 is 7.94 Å². The highest BCUT2D eigenvalue weighted by Crippen LogP contribution is 2.53. The fourth-order valence-electron chi connectivity index (χ4n) is 2.15. The Balaban J connectivity index is 3.59. The Bertz CT molecular complexity index is 528. The van der Waals surface area contributed by atoms with Gasteiger partial charge >= 0.3 is 7.94 Å². The van der Waals surface area contributed by atoms with Crippen LogP contribution >= 0.6 is 7.94 Å². The minimum absolute atomic E-state index is 0.0160. The van der Waals surface area contributed by atoms with Crippen molar-refractivity contribution < 1.29 is 14.3 Å². The van der Waals surface area contributed by atoms with E-state index < -0.39 is 7.94 Å². The van der Waals surface area contributed by atoms with E-state index in [0.29, 0.717) is 12.3 Å². The second kappa shape index (κ2) is 6.45. The second-order valence-corrected chi connectivity index (χ2v) is 9.93. The maximum atomic E-state index is 10.0. The van der Waals surface area contributed by atoms with Crippen molar-refractivity contribution in [2.24, 2.45) is 5.73 Å². The van der Waals surface area contributed by atoms with Gasteiger partial charge in [-0.1, -0.05) is 53.7 Å². The Morgan fingerprint density at radius 1 is 1.05 bits per heavy atom. The van der Waals surface area contributed by atoms with Crippen molar-refractivity contribution in [3.05, 3.63) is 28.8 Å². The summed E-state index contributed by atoms with van der Waals surface area (Å²) in [5.41, 5.74) is 8.65. The number of rotatable bonds is 4. The smallest absolute Gasteiger partial charge is 0.326 e. The predicted molar refractivity (Wildman–Crippen MR) is 94.3 cm³/mol. The molecule has 0 spiro atoms. The lowest BCUT2D eigenvalue weighted by molar-refractivity contribution is 0.334. The van der Waals surface area contributed by atoms with Gasteiger partial charge in [-0.25, -0.2) is 0 Å². The van der Waals surface area contributed by atoms with Gasteiger partial charge in [-0.2, -0.15) is 9.79 Å². The van der Waals surface area contributed by atoms with Gasteiger partial charge in [0.1, 0.15) is 6.16 Å². The highest BCUT2D eigenvalue weighted by molar-refractivity contribution is 7.59. The standard InChI is InChI=1S/C17H31NO3P/c1-8-22(19,20)21-15-12(11-18)9-13(16(2,3)4)10-14(15)17(5,6)7/h9-10,19-20H,8,11,18H2,1-7H3/q+1. The van der Waals surface area contributed by atoms with Crippen molar-refractivity contribution in [2.75, 3.05) is 6.16 Å². The molecule has 0 aromatic heterocycles. The van der Waals surface area contributed by atoms with E-state index in [4.69, 9.17) is 10.3 Å². The molecule has 0 aliphatic carbocycles. The zero-order valence-electron chi connectivity index (χ0n) is 14.9. The maximum absolute atomic E-state index is 10.0. The van der Waals surface area contributed by atoms with E-state index in [1.807, 2.05) is 6.07 Å². The lowest BCUT2D eigenvalue weighted by atomic mass is 9.79. The Labute approximate surface area is 135 Å². The molecule has 0 radical (unpaired) electrons. The first kappa shape index (κ1) is 19.4. The first-order chi connectivity index (χ1) is 9.81. The van der Waals surface area contributed by atoms with Gasteiger partial charge in [-0.15, -0.1) is 0 Å². The summed E-state index contributed by atoms with van der Waals surface area (Å²) in [4.78, 5) is 20.0. The van der Waals surface area contributed by atoms with E-state index in [2.05, 4.69) is 47.6 Å². The van der Waals surface area contributed by atoms with Gasteiger partial charge in [0.05, 0.1) is 0 Å². The average Bonchev–Trinajstić information content (AvgIpc) is 2.35. The third kappa shape index (κ3) is 4.66. The third-order valence-corrected chi connectivity index (χ3v) is 5.01. The van der Waals surface area contributed by atoms with Crippen molar-refractivity contribution in [2.45, 2.75) is 65.8 Å². The first-order valence-electron chi connectivity index (χ1n) is 7.73. The summed E-state index contributed by atoms with van der Waals surface area (Å²) in [7, 11) is -3.39. The highest BCUT2D eigenvalue weighted by atomic mass is 31.2. The Morgan fingerprint density at radius 2 is 1.59 bits per heavy atom. The lowest BCUT2D eigenvalue weighted by Gasteiger charge is -2.28. The van der Waals surface area contributed by atoms with Crippen LogP contribution in [0, 0.1) is 0 Å². The van der Waals surface area contributed by atoms with Gasteiger partial charge in [0.25, 0.3) is 0 Å². The van der Waals surface area contributed by atoms with Crippen LogP contribution in [-0.2, 0) is 17.4 Å². The monoisotopic (exact) mass is 328 g/mol. The van der Waals surface area contributed by atoms with Crippen molar-refractivity contribution in [3.63, 3.8) is 0 Å². The SMILES string of the molecule is CC[P+](O)(O)Oc1c(CN)cc(C(C)(C)C)cc1C(C)(C)C. The Morgan fingerprint density at radius 3 is 1.95 bits per heavy atom. The maximum Gasteiger partial charge on any atom is 0.451 e. The summed E-state index contributed by atoms with van der Waals surface area (Å²) in [6, 6.07) is 4.12. The lowest BCUT2D eigenvalue weighted by Crippen LogP contribution is -2.20. The van der Waals surface area contributed by atoms with Crippen LogP contribution in [0.4, 0.5) is 0 Å². The highest BCUT2D eigenvalue weighted by Gasteiger charge is 2.38. The van der Waals surface area contributed by atoms with Crippen LogP contribution in [0.25, 0.3) is 0 Å². The molecule has 0 heterocycles. The summed E-state index contributed by atoms with van der Waals surface area (Å²) in [5, 5.41) is 0. The quantitative estimate of drug-likeness (QED) is 0.733. The van der Waals surface area contributed by atoms with Crippen LogP contribution in [0.15, 0.2) is 12.1 Å². The van der Waals surface area contributed by atoms with E-state index in [1.165, 1.54) is 5.56 Å². The number of hydrogen-bond donors (Lipinski definition) is 3. The molecule has 1 aromatic carbocycles. The van der Waals surface area contributed by atoms with E-state index in [9.17, 15) is 9.79 Å². The third-order valence-electron chi connectivity index (χ3n) is 3.71. The molecular formula is C17H31NO3P+. The van der Waals surface area contributed by atoms with Gasteiger partial charge in [0.2, 0.25) is 0 Å². The van der Waals surface area contributed by atoms with Gasteiger partial charge in [-0.3, -0.25) is 4.52 Å². The fraction of sp³-hybridized carbons (Fsp3) is 0.647. The largest absolute Gasteiger partial charge is 0.451 e. The normalized spacial score (nSPS) is 13.4. The van der Waals surface area contributed by atoms with Crippen molar-refractivity contribution in [1.82, 2.24) is 0 Å². The minimum Gasteiger partial charge on any atom is -0.326 e. The van der Waals surface area contributed by atoms with Gasteiger partial charge < -0.3 is 5.73 Å². The average molecular weight is 328 g/mol.